The minimum absolute atomic E-state index is 0.124. The first-order valence-electron chi connectivity index (χ1n) is 9.10. The highest BCUT2D eigenvalue weighted by atomic mass is 16.7. The Morgan fingerprint density at radius 3 is 3.08 bits per heavy atom. The number of nitrogens with zero attached hydrogens (tertiary/aromatic N) is 2. The Hall–Kier alpha value is -1.72. The summed E-state index contributed by atoms with van der Waals surface area (Å²) >= 11 is 0. The summed E-state index contributed by atoms with van der Waals surface area (Å²) in [7, 11) is 2.00. The molecule has 3 unspecified atom stereocenters. The number of nitrogens with one attached hydrogen (secondary N) is 1. The van der Waals surface area contributed by atoms with Crippen molar-refractivity contribution >= 4 is 10.9 Å². The highest BCUT2D eigenvalue weighted by Crippen LogP contribution is 2.46. The molecule has 0 amide bonds. The van der Waals surface area contributed by atoms with Crippen molar-refractivity contribution in [2.45, 2.75) is 57.6 Å². The van der Waals surface area contributed by atoms with Crippen LogP contribution in [-0.2, 0) is 11.3 Å². The molecule has 1 saturated carbocycles. The summed E-state index contributed by atoms with van der Waals surface area (Å²) in [5.41, 5.74) is 1.92. The van der Waals surface area contributed by atoms with Gasteiger partial charge in [-0.05, 0) is 37.0 Å². The van der Waals surface area contributed by atoms with E-state index in [0.717, 1.165) is 42.6 Å². The molecule has 1 aliphatic heterocycles. The van der Waals surface area contributed by atoms with Crippen LogP contribution in [0.5, 0.6) is 0 Å². The maximum atomic E-state index is 12.5. The third-order valence-electron chi connectivity index (χ3n) is 5.50. The minimum Gasteiger partial charge on any atom is -0.343 e. The smallest absolute Gasteiger partial charge is 0.280 e. The predicted molar refractivity (Wildman–Crippen MR) is 93.7 cm³/mol. The van der Waals surface area contributed by atoms with Gasteiger partial charge >= 0.3 is 0 Å². The molecule has 4 rings (SSSR count). The molecule has 0 bridgehead atoms. The number of rotatable bonds is 4. The molecule has 1 aromatic heterocycles. The van der Waals surface area contributed by atoms with E-state index < -0.39 is 0 Å². The molecule has 1 aromatic carbocycles. The second-order valence-electron chi connectivity index (χ2n) is 7.13. The third-order valence-corrected chi connectivity index (χ3v) is 5.50. The van der Waals surface area contributed by atoms with E-state index in [2.05, 4.69) is 23.0 Å². The molecule has 2 heterocycles. The van der Waals surface area contributed by atoms with Crippen molar-refractivity contribution in [1.82, 2.24) is 15.0 Å². The van der Waals surface area contributed by atoms with Gasteiger partial charge in [0.2, 0.25) is 0 Å². The van der Waals surface area contributed by atoms with Crippen LogP contribution in [0.15, 0.2) is 23.0 Å². The van der Waals surface area contributed by atoms with Gasteiger partial charge in [-0.15, -0.1) is 0 Å². The lowest BCUT2D eigenvalue weighted by Crippen LogP contribution is -2.21. The standard InChI is InChI=1S/C19H25N3O2/c1-3-4-8-17-20-15-10-9-12(11-14(15)19(23)21-17)18-13-6-5-7-16(13)24-22(18)2/h9-11,13,16,18H,3-8H2,1-2H3,(H,20,21,23). The van der Waals surface area contributed by atoms with Crippen molar-refractivity contribution in [3.8, 4) is 0 Å². The summed E-state index contributed by atoms with van der Waals surface area (Å²) in [4.78, 5) is 26.0. The average molecular weight is 327 g/mol. The Kier molecular flexibility index (Phi) is 4.14. The van der Waals surface area contributed by atoms with Crippen LogP contribution in [-0.4, -0.2) is 28.2 Å². The van der Waals surface area contributed by atoms with E-state index >= 15 is 0 Å². The number of hydrogen-bond acceptors (Lipinski definition) is 4. The van der Waals surface area contributed by atoms with Crippen LogP contribution in [0, 0.1) is 5.92 Å². The first kappa shape index (κ1) is 15.8. The molecule has 2 aliphatic rings. The fraction of sp³-hybridized carbons (Fsp3) is 0.579. The molecule has 5 heteroatoms. The normalized spacial score (nSPS) is 27.0. The van der Waals surface area contributed by atoms with Gasteiger partial charge in [-0.3, -0.25) is 9.63 Å². The van der Waals surface area contributed by atoms with E-state index in [4.69, 9.17) is 4.84 Å². The molecular weight excluding hydrogens is 302 g/mol. The van der Waals surface area contributed by atoms with Crippen molar-refractivity contribution < 1.29 is 4.84 Å². The maximum absolute atomic E-state index is 12.5. The monoisotopic (exact) mass is 327 g/mol. The molecule has 0 radical (unpaired) electrons. The summed E-state index contributed by atoms with van der Waals surface area (Å²) in [6.07, 6.45) is 6.87. The van der Waals surface area contributed by atoms with Crippen LogP contribution < -0.4 is 5.56 Å². The van der Waals surface area contributed by atoms with E-state index in [-0.39, 0.29) is 11.6 Å². The second-order valence-corrected chi connectivity index (χ2v) is 7.13. The summed E-state index contributed by atoms with van der Waals surface area (Å²) in [6, 6.07) is 6.41. The largest absolute Gasteiger partial charge is 0.343 e. The zero-order valence-electron chi connectivity index (χ0n) is 14.4. The van der Waals surface area contributed by atoms with Crippen molar-refractivity contribution in [1.29, 1.82) is 0 Å². The first-order chi connectivity index (χ1) is 11.7. The zero-order chi connectivity index (χ0) is 16.7. The number of aromatic amines is 1. The molecule has 1 saturated heterocycles. The fourth-order valence-electron chi connectivity index (χ4n) is 4.31. The number of H-pyrrole nitrogens is 1. The average Bonchev–Trinajstić information content (AvgIpc) is 3.13. The summed E-state index contributed by atoms with van der Waals surface area (Å²) < 4.78 is 0. The van der Waals surface area contributed by atoms with Gasteiger partial charge in [-0.2, -0.15) is 10.0 Å². The molecule has 1 aliphatic carbocycles. The van der Waals surface area contributed by atoms with Crippen LogP contribution in [0.2, 0.25) is 0 Å². The summed E-state index contributed by atoms with van der Waals surface area (Å²) in [5.74, 6) is 1.32. The number of hydrogen-bond donors (Lipinski definition) is 1. The Morgan fingerprint density at radius 1 is 1.38 bits per heavy atom. The maximum Gasteiger partial charge on any atom is 0.280 e. The zero-order valence-corrected chi connectivity index (χ0v) is 14.4. The van der Waals surface area contributed by atoms with Gasteiger partial charge in [-0.1, -0.05) is 25.8 Å². The third kappa shape index (κ3) is 2.66. The van der Waals surface area contributed by atoms with Crippen LogP contribution >= 0.6 is 0 Å². The number of hydroxylamine groups is 2. The molecule has 5 nitrogen and oxygen atoms in total. The van der Waals surface area contributed by atoms with Crippen molar-refractivity contribution in [3.63, 3.8) is 0 Å². The van der Waals surface area contributed by atoms with E-state index in [1.54, 1.807) is 0 Å². The highest BCUT2D eigenvalue weighted by Gasteiger charge is 2.44. The first-order valence-corrected chi connectivity index (χ1v) is 9.10. The van der Waals surface area contributed by atoms with Crippen LogP contribution in [0.1, 0.15) is 56.5 Å². The molecule has 3 atom stereocenters. The minimum atomic E-state index is -0.124. The lowest BCUT2D eigenvalue weighted by atomic mass is 9.90. The van der Waals surface area contributed by atoms with Gasteiger partial charge in [0.25, 0.3) is 5.56 Å². The molecule has 24 heavy (non-hydrogen) atoms. The number of benzene rings is 1. The molecule has 2 aromatic rings. The molecule has 0 spiro atoms. The van der Waals surface area contributed by atoms with Gasteiger partial charge in [0, 0.05) is 19.4 Å². The molecule has 2 fully saturated rings. The summed E-state index contributed by atoms with van der Waals surface area (Å²) in [5, 5.41) is 2.66. The lowest BCUT2D eigenvalue weighted by molar-refractivity contribution is -0.144. The summed E-state index contributed by atoms with van der Waals surface area (Å²) in [6.45, 7) is 2.14. The molecule has 1 N–H and O–H groups in total. The Bertz CT molecular complexity index is 801. The van der Waals surface area contributed by atoms with Crippen molar-refractivity contribution in [3.05, 3.63) is 39.9 Å². The number of unbranched alkanes of at least 4 members (excludes halogenated alkanes) is 1. The molecule has 128 valence electrons. The fourth-order valence-corrected chi connectivity index (χ4v) is 4.31. The Balaban J connectivity index is 1.71. The van der Waals surface area contributed by atoms with E-state index in [0.29, 0.717) is 17.4 Å². The van der Waals surface area contributed by atoms with E-state index in [1.165, 1.54) is 12.8 Å². The number of fused-ring (bicyclic) bond motifs is 2. The lowest BCUT2D eigenvalue weighted by Gasteiger charge is -2.22. The number of aromatic nitrogens is 2. The van der Waals surface area contributed by atoms with Crippen LogP contribution in [0.25, 0.3) is 10.9 Å². The Labute approximate surface area is 142 Å². The second kappa shape index (κ2) is 6.30. The van der Waals surface area contributed by atoms with E-state index in [9.17, 15) is 4.79 Å². The van der Waals surface area contributed by atoms with Gasteiger partial charge in [-0.25, -0.2) is 0 Å². The van der Waals surface area contributed by atoms with Crippen LogP contribution in [0.3, 0.4) is 0 Å². The Morgan fingerprint density at radius 2 is 2.25 bits per heavy atom. The van der Waals surface area contributed by atoms with Crippen molar-refractivity contribution in [2.24, 2.45) is 5.92 Å². The van der Waals surface area contributed by atoms with Crippen molar-refractivity contribution in [2.75, 3.05) is 7.05 Å². The van der Waals surface area contributed by atoms with Gasteiger partial charge in [0.1, 0.15) is 5.82 Å². The van der Waals surface area contributed by atoms with Gasteiger partial charge in [0.05, 0.1) is 23.0 Å². The SMILES string of the molecule is CCCCc1nc(=O)c2cc(C3C4CCCC4ON3C)ccc2[nH]1. The predicted octanol–water partition coefficient (Wildman–Crippen LogP) is 3.35. The topological polar surface area (TPSA) is 58.2 Å². The quantitative estimate of drug-likeness (QED) is 0.935. The van der Waals surface area contributed by atoms with Gasteiger partial charge < -0.3 is 4.98 Å². The van der Waals surface area contributed by atoms with Gasteiger partial charge in [0.15, 0.2) is 0 Å². The number of aryl methyl sites for hydroxylation is 1. The highest BCUT2D eigenvalue weighted by molar-refractivity contribution is 5.78. The molecular formula is C19H25N3O2. The van der Waals surface area contributed by atoms with E-state index in [1.807, 2.05) is 24.2 Å². The van der Waals surface area contributed by atoms with Crippen LogP contribution in [0.4, 0.5) is 0 Å².